The lowest BCUT2D eigenvalue weighted by Crippen LogP contribution is -2.46. The Morgan fingerprint density at radius 1 is 1.03 bits per heavy atom. The summed E-state index contributed by atoms with van der Waals surface area (Å²) >= 11 is 0. The zero-order chi connectivity index (χ0) is 20.6. The predicted molar refractivity (Wildman–Crippen MR) is 110 cm³/mol. The van der Waals surface area contributed by atoms with Crippen LogP contribution in [-0.4, -0.2) is 55.5 Å². The van der Waals surface area contributed by atoms with Crippen molar-refractivity contribution in [3.8, 4) is 0 Å². The van der Waals surface area contributed by atoms with E-state index in [0.29, 0.717) is 42.9 Å². The van der Waals surface area contributed by atoms with Gasteiger partial charge in [0.05, 0.1) is 6.61 Å². The minimum Gasteiger partial charge on any atom is -0.383 e. The van der Waals surface area contributed by atoms with E-state index in [0.717, 1.165) is 6.42 Å². The quantitative estimate of drug-likeness (QED) is 0.705. The van der Waals surface area contributed by atoms with Crippen LogP contribution < -0.4 is 10.6 Å². The maximum atomic E-state index is 12.9. The van der Waals surface area contributed by atoms with Crippen molar-refractivity contribution in [2.75, 3.05) is 32.1 Å². The van der Waals surface area contributed by atoms with Crippen LogP contribution in [0.5, 0.6) is 0 Å². The minimum atomic E-state index is -0.461. The monoisotopic (exact) mass is 395 g/mol. The molecule has 1 heterocycles. The third-order valence-electron chi connectivity index (χ3n) is 4.85. The van der Waals surface area contributed by atoms with Crippen LogP contribution in [0.25, 0.3) is 0 Å². The zero-order valence-corrected chi connectivity index (χ0v) is 16.4. The largest absolute Gasteiger partial charge is 0.383 e. The van der Waals surface area contributed by atoms with Gasteiger partial charge >= 0.3 is 0 Å². The van der Waals surface area contributed by atoms with Gasteiger partial charge in [-0.15, -0.1) is 0 Å². The molecule has 0 unspecified atom stereocenters. The number of nitrogens with zero attached hydrogens (tertiary/aromatic N) is 1. The highest BCUT2D eigenvalue weighted by Gasteiger charge is 2.34. The number of hydrogen-bond donors (Lipinski definition) is 2. The smallest absolute Gasteiger partial charge is 0.255 e. The standard InChI is InChI=1S/C22H25N3O4/c1-29-15-13-23-21(27)19-8-5-14-25(19)22(28)17-9-11-18(12-10-17)24-20(26)16-6-3-2-4-7-16/h2-4,6-7,9-12,19H,5,8,13-15H2,1H3,(H,23,27)(H,24,26)/t19-/m1/s1. The molecule has 2 aromatic carbocycles. The molecular formula is C22H25N3O4. The summed E-state index contributed by atoms with van der Waals surface area (Å²) < 4.78 is 4.94. The van der Waals surface area contributed by atoms with Crippen molar-refractivity contribution in [3.05, 3.63) is 65.7 Å². The molecule has 1 atom stereocenters. The molecule has 152 valence electrons. The number of methoxy groups -OCH3 is 1. The molecule has 0 saturated carbocycles. The van der Waals surface area contributed by atoms with Crippen LogP contribution in [0, 0.1) is 0 Å². The second-order valence-electron chi connectivity index (χ2n) is 6.84. The summed E-state index contributed by atoms with van der Waals surface area (Å²) in [6.45, 7) is 1.40. The Morgan fingerprint density at radius 3 is 2.45 bits per heavy atom. The van der Waals surface area contributed by atoms with Crippen molar-refractivity contribution >= 4 is 23.4 Å². The van der Waals surface area contributed by atoms with E-state index in [1.54, 1.807) is 60.5 Å². The molecule has 0 spiro atoms. The van der Waals surface area contributed by atoms with Crippen LogP contribution in [0.3, 0.4) is 0 Å². The maximum Gasteiger partial charge on any atom is 0.255 e. The van der Waals surface area contributed by atoms with E-state index in [9.17, 15) is 14.4 Å². The lowest BCUT2D eigenvalue weighted by atomic mass is 10.1. The number of anilines is 1. The molecule has 3 amide bonds. The summed E-state index contributed by atoms with van der Waals surface area (Å²) in [5.41, 5.74) is 1.65. The van der Waals surface area contributed by atoms with Crippen LogP contribution in [0.4, 0.5) is 5.69 Å². The number of benzene rings is 2. The van der Waals surface area contributed by atoms with Crippen LogP contribution in [0.15, 0.2) is 54.6 Å². The highest BCUT2D eigenvalue weighted by atomic mass is 16.5. The van der Waals surface area contributed by atoms with Gasteiger partial charge in [-0.3, -0.25) is 14.4 Å². The van der Waals surface area contributed by atoms with E-state index >= 15 is 0 Å². The fourth-order valence-corrected chi connectivity index (χ4v) is 3.33. The lowest BCUT2D eigenvalue weighted by molar-refractivity contribution is -0.125. The number of amides is 3. The number of rotatable bonds is 7. The number of carbonyl (C=O) groups excluding carboxylic acids is 3. The van der Waals surface area contributed by atoms with Gasteiger partial charge in [-0.05, 0) is 49.2 Å². The molecule has 7 nitrogen and oxygen atoms in total. The third kappa shape index (κ3) is 5.20. The van der Waals surface area contributed by atoms with Gasteiger partial charge < -0.3 is 20.3 Å². The van der Waals surface area contributed by atoms with Gasteiger partial charge in [-0.2, -0.15) is 0 Å². The molecule has 1 saturated heterocycles. The van der Waals surface area contributed by atoms with Crippen molar-refractivity contribution in [3.63, 3.8) is 0 Å². The Kier molecular flexibility index (Phi) is 6.97. The van der Waals surface area contributed by atoms with Crippen LogP contribution >= 0.6 is 0 Å². The molecule has 7 heteroatoms. The number of ether oxygens (including phenoxy) is 1. The van der Waals surface area contributed by atoms with Crippen molar-refractivity contribution in [2.24, 2.45) is 0 Å². The van der Waals surface area contributed by atoms with E-state index in [4.69, 9.17) is 4.74 Å². The molecular weight excluding hydrogens is 370 g/mol. The second-order valence-corrected chi connectivity index (χ2v) is 6.84. The van der Waals surface area contributed by atoms with Gasteiger partial charge in [0.15, 0.2) is 0 Å². The molecule has 1 aliphatic heterocycles. The van der Waals surface area contributed by atoms with Crippen molar-refractivity contribution < 1.29 is 19.1 Å². The summed E-state index contributed by atoms with van der Waals surface area (Å²) in [6, 6.07) is 15.2. The Labute approximate surface area is 170 Å². The molecule has 0 bridgehead atoms. The Balaban J connectivity index is 1.62. The predicted octanol–water partition coefficient (Wildman–Crippen LogP) is 2.31. The van der Waals surface area contributed by atoms with Crippen molar-refractivity contribution in [2.45, 2.75) is 18.9 Å². The number of nitrogens with one attached hydrogen (secondary N) is 2. The normalized spacial score (nSPS) is 15.8. The molecule has 2 N–H and O–H groups in total. The van der Waals surface area contributed by atoms with E-state index in [2.05, 4.69) is 10.6 Å². The molecule has 0 aliphatic carbocycles. The van der Waals surface area contributed by atoms with E-state index in [-0.39, 0.29) is 17.7 Å². The first kappa shape index (κ1) is 20.5. The van der Waals surface area contributed by atoms with E-state index < -0.39 is 6.04 Å². The van der Waals surface area contributed by atoms with Gasteiger partial charge in [0.2, 0.25) is 5.91 Å². The Bertz CT molecular complexity index is 852. The minimum absolute atomic E-state index is 0.153. The third-order valence-corrected chi connectivity index (χ3v) is 4.85. The highest BCUT2D eigenvalue weighted by Crippen LogP contribution is 2.21. The molecule has 3 rings (SSSR count). The summed E-state index contributed by atoms with van der Waals surface area (Å²) in [6.07, 6.45) is 1.44. The molecule has 2 aromatic rings. The summed E-state index contributed by atoms with van der Waals surface area (Å²) in [5.74, 6) is -0.549. The number of carbonyl (C=O) groups is 3. The van der Waals surface area contributed by atoms with Gasteiger partial charge in [0.25, 0.3) is 11.8 Å². The SMILES string of the molecule is COCCNC(=O)[C@H]1CCCN1C(=O)c1ccc(NC(=O)c2ccccc2)cc1. The van der Waals surface area contributed by atoms with Gasteiger partial charge in [0, 0.05) is 37.0 Å². The lowest BCUT2D eigenvalue weighted by Gasteiger charge is -2.24. The van der Waals surface area contributed by atoms with Crippen molar-refractivity contribution in [1.29, 1.82) is 0 Å². The first-order valence-electron chi connectivity index (χ1n) is 9.64. The fourth-order valence-electron chi connectivity index (χ4n) is 3.33. The molecule has 29 heavy (non-hydrogen) atoms. The molecule has 1 fully saturated rings. The van der Waals surface area contributed by atoms with Crippen molar-refractivity contribution in [1.82, 2.24) is 10.2 Å². The highest BCUT2D eigenvalue weighted by molar-refractivity contribution is 6.04. The van der Waals surface area contributed by atoms with E-state index in [1.165, 1.54) is 0 Å². The second kappa shape index (κ2) is 9.84. The van der Waals surface area contributed by atoms with Gasteiger partial charge in [-0.25, -0.2) is 0 Å². The average molecular weight is 395 g/mol. The van der Waals surface area contributed by atoms with Gasteiger partial charge in [-0.1, -0.05) is 18.2 Å². The summed E-state index contributed by atoms with van der Waals surface area (Å²) in [7, 11) is 1.57. The van der Waals surface area contributed by atoms with Crippen LogP contribution in [0.1, 0.15) is 33.6 Å². The van der Waals surface area contributed by atoms with Crippen LogP contribution in [-0.2, 0) is 9.53 Å². The molecule has 0 radical (unpaired) electrons. The average Bonchev–Trinajstić information content (AvgIpc) is 3.24. The summed E-state index contributed by atoms with van der Waals surface area (Å²) in [4.78, 5) is 39.1. The van der Waals surface area contributed by atoms with E-state index in [1.807, 2.05) is 6.07 Å². The number of hydrogen-bond acceptors (Lipinski definition) is 4. The molecule has 0 aromatic heterocycles. The Morgan fingerprint density at radius 2 is 1.76 bits per heavy atom. The zero-order valence-electron chi connectivity index (χ0n) is 16.4. The van der Waals surface area contributed by atoms with Crippen LogP contribution in [0.2, 0.25) is 0 Å². The molecule has 1 aliphatic rings. The topological polar surface area (TPSA) is 87.7 Å². The summed E-state index contributed by atoms with van der Waals surface area (Å²) in [5, 5.41) is 5.61. The maximum absolute atomic E-state index is 12.9. The Hall–Kier alpha value is -3.19. The first-order valence-corrected chi connectivity index (χ1v) is 9.64. The number of likely N-dealkylation sites (tertiary alicyclic amines) is 1. The first-order chi connectivity index (χ1) is 14.1. The van der Waals surface area contributed by atoms with Gasteiger partial charge in [0.1, 0.15) is 6.04 Å². The fraction of sp³-hybridized carbons (Fsp3) is 0.318.